The van der Waals surface area contributed by atoms with Crippen LogP contribution in [0.1, 0.15) is 10.4 Å². The zero-order valence-corrected chi connectivity index (χ0v) is 13.7. The molecule has 0 bridgehead atoms. The third-order valence-corrected chi connectivity index (χ3v) is 4.08. The molecule has 0 aliphatic carbocycles. The number of ether oxygens (including phenoxy) is 1. The summed E-state index contributed by atoms with van der Waals surface area (Å²) < 4.78 is 5.24. The molecule has 0 spiro atoms. The Labute approximate surface area is 141 Å². The van der Waals surface area contributed by atoms with Gasteiger partial charge in [-0.15, -0.1) is 0 Å². The van der Waals surface area contributed by atoms with Crippen LogP contribution < -0.4 is 10.1 Å². The average Bonchev–Trinajstić information content (AvgIpc) is 2.67. The molecular weight excluding hydrogens is 298 g/mol. The Hall–Kier alpha value is -3.07. The number of hydrogen-bond acceptors (Lipinski definition) is 3. The fourth-order valence-electron chi connectivity index (χ4n) is 2.90. The molecule has 3 heteroatoms. The number of carbonyl (C=O) groups is 1. The van der Waals surface area contributed by atoms with Gasteiger partial charge in [-0.25, -0.2) is 0 Å². The highest BCUT2D eigenvalue weighted by atomic mass is 16.5. The van der Waals surface area contributed by atoms with Crippen molar-refractivity contribution in [2.45, 2.75) is 0 Å². The van der Waals surface area contributed by atoms with Crippen molar-refractivity contribution < 1.29 is 9.53 Å². The largest absolute Gasteiger partial charge is 0.497 e. The average molecular weight is 317 g/mol. The molecule has 120 valence electrons. The van der Waals surface area contributed by atoms with Gasteiger partial charge in [-0.1, -0.05) is 48.5 Å². The molecule has 3 nitrogen and oxygen atoms in total. The number of nitrogens with one attached hydrogen (secondary N) is 1. The first-order chi connectivity index (χ1) is 11.8. The molecule has 0 aliphatic rings. The van der Waals surface area contributed by atoms with E-state index in [-0.39, 0.29) is 0 Å². The van der Waals surface area contributed by atoms with Gasteiger partial charge in [0, 0.05) is 18.2 Å². The van der Waals surface area contributed by atoms with Crippen molar-refractivity contribution in [1.29, 1.82) is 0 Å². The summed E-state index contributed by atoms with van der Waals surface area (Å²) in [5.74, 6) is 0.818. The predicted octanol–water partition coefficient (Wildman–Crippen LogP) is 4.88. The summed E-state index contributed by atoms with van der Waals surface area (Å²) >= 11 is 0. The van der Waals surface area contributed by atoms with E-state index in [0.29, 0.717) is 5.56 Å². The van der Waals surface area contributed by atoms with E-state index in [9.17, 15) is 4.79 Å². The molecule has 3 aromatic rings. The van der Waals surface area contributed by atoms with Crippen molar-refractivity contribution >= 4 is 12.0 Å². The molecule has 24 heavy (non-hydrogen) atoms. The molecule has 3 aromatic carbocycles. The van der Waals surface area contributed by atoms with Crippen LogP contribution in [0.15, 0.2) is 66.7 Å². The Balaban J connectivity index is 2.27. The van der Waals surface area contributed by atoms with E-state index in [4.69, 9.17) is 4.74 Å². The summed E-state index contributed by atoms with van der Waals surface area (Å²) in [5.41, 5.74) is 5.71. The third-order valence-electron chi connectivity index (χ3n) is 4.08. The van der Waals surface area contributed by atoms with E-state index < -0.39 is 0 Å². The lowest BCUT2D eigenvalue weighted by Crippen LogP contribution is -1.99. The van der Waals surface area contributed by atoms with Crippen molar-refractivity contribution in [3.05, 3.63) is 72.3 Å². The lowest BCUT2D eigenvalue weighted by Gasteiger charge is -2.17. The van der Waals surface area contributed by atoms with Crippen LogP contribution in [0.3, 0.4) is 0 Å². The highest BCUT2D eigenvalue weighted by Crippen LogP contribution is 2.39. The van der Waals surface area contributed by atoms with Crippen LogP contribution in [0.4, 0.5) is 5.69 Å². The Morgan fingerprint density at radius 2 is 1.58 bits per heavy atom. The molecule has 0 aliphatic heterocycles. The minimum Gasteiger partial charge on any atom is -0.497 e. The molecule has 0 fully saturated rings. The SMILES string of the molecule is CNc1c(C=O)ccc(-c2ccc(OC)cc2)c1-c1ccccc1. The normalized spacial score (nSPS) is 10.2. The Morgan fingerprint density at radius 3 is 2.17 bits per heavy atom. The highest BCUT2D eigenvalue weighted by molar-refractivity contribution is 5.99. The summed E-state index contributed by atoms with van der Waals surface area (Å²) in [4.78, 5) is 11.4. The number of hydrogen-bond donors (Lipinski definition) is 1. The number of aldehydes is 1. The van der Waals surface area contributed by atoms with E-state index in [1.54, 1.807) is 7.11 Å². The second-order valence-corrected chi connectivity index (χ2v) is 5.41. The van der Waals surface area contributed by atoms with Crippen molar-refractivity contribution in [2.24, 2.45) is 0 Å². The first kappa shape index (κ1) is 15.8. The molecular formula is C21H19NO2. The molecule has 1 N–H and O–H groups in total. The van der Waals surface area contributed by atoms with Crippen molar-refractivity contribution in [2.75, 3.05) is 19.5 Å². The molecule has 0 unspecified atom stereocenters. The van der Waals surface area contributed by atoms with Crippen LogP contribution in [0.5, 0.6) is 5.75 Å². The zero-order chi connectivity index (χ0) is 16.9. The summed E-state index contributed by atoms with van der Waals surface area (Å²) in [7, 11) is 3.50. The summed E-state index contributed by atoms with van der Waals surface area (Å²) in [5, 5.41) is 3.19. The van der Waals surface area contributed by atoms with E-state index in [0.717, 1.165) is 40.0 Å². The smallest absolute Gasteiger partial charge is 0.152 e. The molecule has 0 aromatic heterocycles. The molecule has 0 saturated heterocycles. The first-order valence-corrected chi connectivity index (χ1v) is 7.78. The number of carbonyl (C=O) groups excluding carboxylic acids is 1. The number of methoxy groups -OCH3 is 1. The van der Waals surface area contributed by atoms with Crippen molar-refractivity contribution in [3.63, 3.8) is 0 Å². The second-order valence-electron chi connectivity index (χ2n) is 5.41. The Morgan fingerprint density at radius 1 is 0.875 bits per heavy atom. The van der Waals surface area contributed by atoms with Gasteiger partial charge >= 0.3 is 0 Å². The van der Waals surface area contributed by atoms with Gasteiger partial charge in [-0.05, 0) is 34.9 Å². The third kappa shape index (κ3) is 2.88. The number of anilines is 1. The molecule has 0 saturated carbocycles. The van der Waals surface area contributed by atoms with Crippen molar-refractivity contribution in [1.82, 2.24) is 0 Å². The van der Waals surface area contributed by atoms with E-state index in [2.05, 4.69) is 17.4 Å². The lowest BCUT2D eigenvalue weighted by atomic mass is 9.91. The van der Waals surface area contributed by atoms with Crippen LogP contribution in [0, 0.1) is 0 Å². The van der Waals surface area contributed by atoms with Crippen LogP contribution in [-0.2, 0) is 0 Å². The molecule has 3 rings (SSSR count). The van der Waals surface area contributed by atoms with Gasteiger partial charge in [0.2, 0.25) is 0 Å². The summed E-state index contributed by atoms with van der Waals surface area (Å²) in [6.07, 6.45) is 0.885. The van der Waals surface area contributed by atoms with Gasteiger partial charge in [0.05, 0.1) is 12.8 Å². The van der Waals surface area contributed by atoms with Gasteiger partial charge in [0.15, 0.2) is 6.29 Å². The van der Waals surface area contributed by atoms with Gasteiger partial charge < -0.3 is 10.1 Å². The minimum absolute atomic E-state index is 0.647. The first-order valence-electron chi connectivity index (χ1n) is 7.78. The fraction of sp³-hybridized carbons (Fsp3) is 0.0952. The van der Waals surface area contributed by atoms with Crippen molar-refractivity contribution in [3.8, 4) is 28.0 Å². The van der Waals surface area contributed by atoms with E-state index in [1.807, 2.05) is 61.6 Å². The monoisotopic (exact) mass is 317 g/mol. The van der Waals surface area contributed by atoms with E-state index >= 15 is 0 Å². The maximum Gasteiger partial charge on any atom is 0.152 e. The van der Waals surface area contributed by atoms with Crippen LogP contribution in [0.2, 0.25) is 0 Å². The fourth-order valence-corrected chi connectivity index (χ4v) is 2.90. The number of rotatable bonds is 5. The van der Waals surface area contributed by atoms with Gasteiger partial charge in [0.25, 0.3) is 0 Å². The Kier molecular flexibility index (Phi) is 4.62. The van der Waals surface area contributed by atoms with Gasteiger partial charge in [0.1, 0.15) is 5.75 Å². The maximum absolute atomic E-state index is 11.4. The van der Waals surface area contributed by atoms with E-state index in [1.165, 1.54) is 0 Å². The quantitative estimate of drug-likeness (QED) is 0.681. The van der Waals surface area contributed by atoms with Crippen LogP contribution >= 0.6 is 0 Å². The van der Waals surface area contributed by atoms with Gasteiger partial charge in [-0.3, -0.25) is 4.79 Å². The molecule has 0 atom stereocenters. The molecule has 0 heterocycles. The van der Waals surface area contributed by atoms with Gasteiger partial charge in [-0.2, -0.15) is 0 Å². The molecule has 0 amide bonds. The summed E-state index contributed by atoms with van der Waals surface area (Å²) in [6, 6.07) is 21.9. The highest BCUT2D eigenvalue weighted by Gasteiger charge is 2.15. The summed E-state index contributed by atoms with van der Waals surface area (Å²) in [6.45, 7) is 0. The van der Waals surface area contributed by atoms with Crippen LogP contribution in [0.25, 0.3) is 22.3 Å². The number of benzene rings is 3. The predicted molar refractivity (Wildman–Crippen MR) is 98.8 cm³/mol. The minimum atomic E-state index is 0.647. The zero-order valence-electron chi connectivity index (χ0n) is 13.7. The van der Waals surface area contributed by atoms with Crippen LogP contribution in [-0.4, -0.2) is 20.4 Å². The maximum atomic E-state index is 11.4. The lowest BCUT2D eigenvalue weighted by molar-refractivity contribution is 0.112. The second kappa shape index (κ2) is 7.01. The topological polar surface area (TPSA) is 38.3 Å². The molecule has 0 radical (unpaired) electrons. The Bertz CT molecular complexity index is 840. The standard InChI is InChI=1S/C21H19NO2/c1-22-21-17(14-23)10-13-19(15-8-11-18(24-2)12-9-15)20(21)16-6-4-3-5-7-16/h3-14,22H,1-2H3.